The van der Waals surface area contributed by atoms with Crippen LogP contribution in [0.3, 0.4) is 0 Å². The molecule has 144 valence electrons. The number of thioether (sulfide) groups is 1. The smallest absolute Gasteiger partial charge is 0.337 e. The molecule has 0 saturated carbocycles. The molecule has 8 nitrogen and oxygen atoms in total. The number of hydrazone groups is 1. The largest absolute Gasteiger partial charge is 0.872 e. The molecule has 3 aromatic rings. The number of aromatic hydroxyl groups is 1. The molecule has 2 aromatic carbocycles. The summed E-state index contributed by atoms with van der Waals surface area (Å²) in [6.07, 6.45) is 1.24. The van der Waals surface area contributed by atoms with Crippen molar-refractivity contribution in [1.29, 1.82) is 0 Å². The number of hydrogen-bond donors (Lipinski definition) is 3. The molecule has 0 aliphatic carbocycles. The number of H-pyrrole nitrogens is 1. The summed E-state index contributed by atoms with van der Waals surface area (Å²) in [5.41, 5.74) is 3.60. The highest BCUT2D eigenvalue weighted by atomic mass is 79.9. The van der Waals surface area contributed by atoms with Crippen LogP contribution >= 0.6 is 27.7 Å². The number of benzene rings is 2. The number of phenolic OH excluding ortho intramolecular Hbond substituents is 1. The van der Waals surface area contributed by atoms with E-state index in [0.717, 1.165) is 21.9 Å². The normalized spacial score (nSPS) is 11.1. The first-order valence-electron chi connectivity index (χ1n) is 8.09. The van der Waals surface area contributed by atoms with Gasteiger partial charge in [-0.15, -0.1) is 5.10 Å². The number of carbonyl (C=O) groups excluding carboxylic acids is 1. The molecule has 28 heavy (non-hydrogen) atoms. The first-order valence-corrected chi connectivity index (χ1v) is 9.87. The quantitative estimate of drug-likeness (QED) is 0.223. The minimum atomic E-state index is -0.378. The lowest BCUT2D eigenvalue weighted by atomic mass is 10.2. The lowest BCUT2D eigenvalue weighted by Gasteiger charge is -2.09. The number of aromatic nitrogens is 3. The van der Waals surface area contributed by atoms with Gasteiger partial charge < -0.3 is 10.2 Å². The van der Waals surface area contributed by atoms with Crippen molar-refractivity contribution in [3.05, 3.63) is 52.5 Å². The summed E-state index contributed by atoms with van der Waals surface area (Å²) >= 11 is 4.66. The number of halogens is 1. The molecule has 0 atom stereocenters. The third-order valence-corrected chi connectivity index (χ3v) is 5.28. The molecule has 1 heterocycles. The lowest BCUT2D eigenvalue weighted by molar-refractivity contribution is -0.698. The molecular weight excluding hydrogens is 446 g/mol. The van der Waals surface area contributed by atoms with Crippen LogP contribution in [0.5, 0.6) is 11.5 Å². The summed E-state index contributed by atoms with van der Waals surface area (Å²) in [6, 6.07) is 11.7. The van der Waals surface area contributed by atoms with Gasteiger partial charge in [-0.2, -0.15) is 5.10 Å². The van der Waals surface area contributed by atoms with Crippen molar-refractivity contribution < 1.29 is 19.6 Å². The van der Waals surface area contributed by atoms with Gasteiger partial charge in [-0.3, -0.25) is 4.79 Å². The van der Waals surface area contributed by atoms with E-state index in [-0.39, 0.29) is 28.7 Å². The van der Waals surface area contributed by atoms with E-state index in [1.165, 1.54) is 30.1 Å². The summed E-state index contributed by atoms with van der Waals surface area (Å²) in [4.78, 5) is 12.0. The number of nitrogens with zero attached hydrogens (tertiary/aromatic N) is 3. The molecule has 0 unspecified atom stereocenters. The second kappa shape index (κ2) is 8.89. The van der Waals surface area contributed by atoms with Crippen molar-refractivity contribution in [3.8, 4) is 22.9 Å². The van der Waals surface area contributed by atoms with E-state index in [9.17, 15) is 15.0 Å². The fourth-order valence-corrected chi connectivity index (χ4v) is 3.29. The van der Waals surface area contributed by atoms with Crippen LogP contribution in [0, 0.1) is 0 Å². The van der Waals surface area contributed by atoms with Crippen molar-refractivity contribution >= 4 is 39.8 Å². The summed E-state index contributed by atoms with van der Waals surface area (Å²) in [6.45, 7) is 0. The zero-order valence-electron chi connectivity index (χ0n) is 14.7. The van der Waals surface area contributed by atoms with Gasteiger partial charge in [0, 0.05) is 4.47 Å². The van der Waals surface area contributed by atoms with Crippen LogP contribution in [0.4, 0.5) is 0 Å². The van der Waals surface area contributed by atoms with Crippen molar-refractivity contribution in [2.24, 2.45) is 12.1 Å². The topological polar surface area (TPSA) is 117 Å². The number of hydrogen-bond acceptors (Lipinski definition) is 6. The summed E-state index contributed by atoms with van der Waals surface area (Å²) in [5.74, 6) is 0.105. The molecule has 10 heteroatoms. The molecular formula is C18H16BrN5O3S. The van der Waals surface area contributed by atoms with Crippen LogP contribution in [0.2, 0.25) is 0 Å². The highest BCUT2D eigenvalue weighted by Crippen LogP contribution is 2.20. The first-order chi connectivity index (χ1) is 13.4. The standard InChI is InChI=1S/C18H16BrN5O3S/c1-24-17(11-2-5-13(19)6-3-11)22-23-18(24)28-10-16(27)21-20-9-12-4-7-14(25)8-15(12)26/h2-9H,10H2,1H3,(H3,20,21,25,26,27). The molecule has 0 aliphatic heterocycles. The van der Waals surface area contributed by atoms with Crippen LogP contribution < -0.4 is 15.1 Å². The summed E-state index contributed by atoms with van der Waals surface area (Å²) in [7, 11) is 1.86. The van der Waals surface area contributed by atoms with Gasteiger partial charge >= 0.3 is 5.16 Å². The van der Waals surface area contributed by atoms with E-state index in [0.29, 0.717) is 5.16 Å². The number of carbonyl (C=O) groups is 1. The van der Waals surface area contributed by atoms with Gasteiger partial charge in [-0.1, -0.05) is 27.7 Å². The minimum absolute atomic E-state index is 0.107. The molecule has 0 saturated heterocycles. The van der Waals surface area contributed by atoms with Gasteiger partial charge in [0.25, 0.3) is 11.7 Å². The van der Waals surface area contributed by atoms with Gasteiger partial charge in [0.1, 0.15) is 5.75 Å². The van der Waals surface area contributed by atoms with Gasteiger partial charge in [0.05, 0.1) is 29.7 Å². The Morgan fingerprint density at radius 3 is 2.86 bits per heavy atom. The predicted molar refractivity (Wildman–Crippen MR) is 107 cm³/mol. The monoisotopic (exact) mass is 461 g/mol. The van der Waals surface area contributed by atoms with E-state index >= 15 is 0 Å². The Morgan fingerprint density at radius 1 is 1.39 bits per heavy atom. The third kappa shape index (κ3) is 4.90. The lowest BCUT2D eigenvalue weighted by Crippen LogP contribution is -2.32. The van der Waals surface area contributed by atoms with Gasteiger partial charge in [0.15, 0.2) is 0 Å². The van der Waals surface area contributed by atoms with E-state index in [1.54, 1.807) is 0 Å². The first kappa shape index (κ1) is 19.9. The second-order valence-electron chi connectivity index (χ2n) is 5.72. The van der Waals surface area contributed by atoms with Crippen LogP contribution in [0.15, 0.2) is 57.2 Å². The fraction of sp³-hybridized carbons (Fsp3) is 0.111. The summed E-state index contributed by atoms with van der Waals surface area (Å²) in [5, 5.41) is 32.5. The fourth-order valence-electron chi connectivity index (χ4n) is 2.31. The maximum absolute atomic E-state index is 12.0. The van der Waals surface area contributed by atoms with E-state index in [1.807, 2.05) is 35.9 Å². The van der Waals surface area contributed by atoms with Crippen LogP contribution in [0.1, 0.15) is 5.56 Å². The predicted octanol–water partition coefficient (Wildman–Crippen LogP) is 1.69. The Hall–Kier alpha value is -2.85. The van der Waals surface area contributed by atoms with E-state index < -0.39 is 0 Å². The average molecular weight is 462 g/mol. The summed E-state index contributed by atoms with van der Waals surface area (Å²) < 4.78 is 2.85. The molecule has 0 radical (unpaired) electrons. The Labute approximate surface area is 173 Å². The van der Waals surface area contributed by atoms with Crippen LogP contribution in [-0.2, 0) is 11.8 Å². The zero-order chi connectivity index (χ0) is 20.1. The number of amides is 1. The maximum Gasteiger partial charge on any atom is 0.337 e. The molecule has 0 spiro atoms. The van der Waals surface area contributed by atoms with E-state index in [2.05, 4.69) is 36.7 Å². The zero-order valence-corrected chi connectivity index (χ0v) is 17.1. The maximum atomic E-state index is 12.0. The van der Waals surface area contributed by atoms with E-state index in [4.69, 9.17) is 0 Å². The number of rotatable bonds is 6. The molecule has 1 aromatic heterocycles. The number of nitrogens with one attached hydrogen (secondary N) is 2. The second-order valence-corrected chi connectivity index (χ2v) is 7.58. The molecule has 0 fully saturated rings. The minimum Gasteiger partial charge on any atom is -0.872 e. The Kier molecular flexibility index (Phi) is 6.32. The molecule has 0 aliphatic rings. The van der Waals surface area contributed by atoms with Crippen LogP contribution in [-0.4, -0.2) is 33.2 Å². The molecule has 0 bridgehead atoms. The Morgan fingerprint density at radius 2 is 2.14 bits per heavy atom. The number of phenols is 1. The van der Waals surface area contributed by atoms with Crippen molar-refractivity contribution in [3.63, 3.8) is 0 Å². The van der Waals surface area contributed by atoms with Crippen molar-refractivity contribution in [1.82, 2.24) is 15.6 Å². The average Bonchev–Trinajstić information content (AvgIpc) is 3.03. The highest BCUT2D eigenvalue weighted by Gasteiger charge is 2.19. The van der Waals surface area contributed by atoms with Crippen LogP contribution in [0.25, 0.3) is 11.4 Å². The Bertz CT molecular complexity index is 1020. The molecule has 3 rings (SSSR count). The Balaban J connectivity index is 1.56. The van der Waals surface area contributed by atoms with Gasteiger partial charge in [0.2, 0.25) is 0 Å². The van der Waals surface area contributed by atoms with Gasteiger partial charge in [-0.05, 0) is 53.7 Å². The highest BCUT2D eigenvalue weighted by molar-refractivity contribution is 9.10. The van der Waals surface area contributed by atoms with Crippen molar-refractivity contribution in [2.45, 2.75) is 5.16 Å². The SMILES string of the molecule is C[n+]1c(SCC(=O)N/N=C/c2ccc(O)cc2[O-])n[nH]c1-c1ccc(Br)cc1. The van der Waals surface area contributed by atoms with Crippen molar-refractivity contribution in [2.75, 3.05) is 5.75 Å². The third-order valence-electron chi connectivity index (χ3n) is 3.72. The molecule has 1 amide bonds. The van der Waals surface area contributed by atoms with Gasteiger partial charge in [-0.25, -0.2) is 9.99 Å². The number of aromatic amines is 1. The molecule has 3 N–H and O–H groups in total.